The highest BCUT2D eigenvalue weighted by molar-refractivity contribution is 5.97. The van der Waals surface area contributed by atoms with Gasteiger partial charge in [-0.25, -0.2) is 4.79 Å². The summed E-state index contributed by atoms with van der Waals surface area (Å²) in [5.41, 5.74) is -0.792. The SMILES string of the molecule is CC1CCC2(CC1)OCC(C(=O)O)N2C(=O)c1ccc([N+](=O)[O-])cc1. The summed E-state index contributed by atoms with van der Waals surface area (Å²) in [7, 11) is 0. The van der Waals surface area contributed by atoms with Gasteiger partial charge in [-0.2, -0.15) is 0 Å². The highest BCUT2D eigenvalue weighted by Crippen LogP contribution is 2.43. The van der Waals surface area contributed by atoms with Crippen LogP contribution in [0.3, 0.4) is 0 Å². The Morgan fingerprint density at radius 1 is 1.28 bits per heavy atom. The largest absolute Gasteiger partial charge is 0.480 e. The zero-order chi connectivity index (χ0) is 18.2. The first kappa shape index (κ1) is 17.3. The molecule has 1 aromatic carbocycles. The molecule has 1 amide bonds. The van der Waals surface area contributed by atoms with Crippen molar-refractivity contribution < 1.29 is 24.4 Å². The van der Waals surface area contributed by atoms with Gasteiger partial charge in [-0.15, -0.1) is 0 Å². The second-order valence-corrected chi connectivity index (χ2v) is 6.77. The standard InChI is InChI=1S/C17H20N2O6/c1-11-6-8-17(9-7-11)18(14(10-25-17)16(21)22)15(20)12-2-4-13(5-3-12)19(23)24/h2-5,11,14H,6-10H2,1H3,(H,21,22). The molecule has 1 unspecified atom stereocenters. The Morgan fingerprint density at radius 2 is 1.88 bits per heavy atom. The number of carboxylic acids is 1. The molecule has 2 fully saturated rings. The van der Waals surface area contributed by atoms with Gasteiger partial charge >= 0.3 is 5.97 Å². The fourth-order valence-electron chi connectivity index (χ4n) is 3.63. The first-order chi connectivity index (χ1) is 11.8. The number of nitrogens with zero attached hydrogens (tertiary/aromatic N) is 2. The van der Waals surface area contributed by atoms with Crippen molar-refractivity contribution in [1.29, 1.82) is 0 Å². The van der Waals surface area contributed by atoms with Crippen molar-refractivity contribution in [3.63, 3.8) is 0 Å². The molecule has 1 atom stereocenters. The number of aliphatic carboxylic acids is 1. The van der Waals surface area contributed by atoms with Crippen molar-refractivity contribution in [2.45, 2.75) is 44.4 Å². The third kappa shape index (κ3) is 3.09. The van der Waals surface area contributed by atoms with Crippen LogP contribution < -0.4 is 0 Å². The lowest BCUT2D eigenvalue weighted by atomic mass is 9.83. The van der Waals surface area contributed by atoms with E-state index in [1.165, 1.54) is 29.2 Å². The Morgan fingerprint density at radius 3 is 2.40 bits per heavy atom. The van der Waals surface area contributed by atoms with Crippen LogP contribution in [0, 0.1) is 16.0 Å². The van der Waals surface area contributed by atoms with Gasteiger partial charge in [0.15, 0.2) is 6.04 Å². The molecule has 1 saturated heterocycles. The van der Waals surface area contributed by atoms with Crippen molar-refractivity contribution in [2.24, 2.45) is 5.92 Å². The van der Waals surface area contributed by atoms with E-state index >= 15 is 0 Å². The Bertz CT molecular complexity index is 694. The van der Waals surface area contributed by atoms with Crippen LogP contribution in [0.2, 0.25) is 0 Å². The summed E-state index contributed by atoms with van der Waals surface area (Å²) < 4.78 is 5.84. The molecular formula is C17H20N2O6. The first-order valence-electron chi connectivity index (χ1n) is 8.29. The zero-order valence-corrected chi connectivity index (χ0v) is 13.9. The third-order valence-corrected chi connectivity index (χ3v) is 5.15. The van der Waals surface area contributed by atoms with Gasteiger partial charge in [-0.05, 0) is 43.7 Å². The summed E-state index contributed by atoms with van der Waals surface area (Å²) in [4.78, 5) is 36.2. The Hall–Kier alpha value is -2.48. The van der Waals surface area contributed by atoms with E-state index in [2.05, 4.69) is 6.92 Å². The number of nitro benzene ring substituents is 1. The van der Waals surface area contributed by atoms with E-state index in [1.807, 2.05) is 0 Å². The summed E-state index contributed by atoms with van der Waals surface area (Å²) in [6.45, 7) is 2.08. The molecule has 1 heterocycles. The molecule has 1 N–H and O–H groups in total. The van der Waals surface area contributed by atoms with E-state index in [1.54, 1.807) is 0 Å². The predicted octanol–water partition coefficient (Wildman–Crippen LogP) is 2.43. The molecule has 0 aromatic heterocycles. The van der Waals surface area contributed by atoms with Crippen LogP contribution in [0.5, 0.6) is 0 Å². The van der Waals surface area contributed by atoms with Crippen molar-refractivity contribution >= 4 is 17.6 Å². The van der Waals surface area contributed by atoms with Crippen LogP contribution in [0.1, 0.15) is 43.0 Å². The van der Waals surface area contributed by atoms with E-state index < -0.39 is 28.6 Å². The molecular weight excluding hydrogens is 328 g/mol. The maximum Gasteiger partial charge on any atom is 0.328 e. The number of carboxylic acid groups (broad SMARTS) is 1. The molecule has 0 bridgehead atoms. The number of amides is 1. The molecule has 1 aromatic rings. The lowest BCUT2D eigenvalue weighted by Gasteiger charge is -2.42. The van der Waals surface area contributed by atoms with Crippen LogP contribution in [0.15, 0.2) is 24.3 Å². The van der Waals surface area contributed by atoms with E-state index in [0.29, 0.717) is 18.8 Å². The van der Waals surface area contributed by atoms with Gasteiger partial charge in [0.1, 0.15) is 5.72 Å². The molecule has 3 rings (SSSR count). The minimum atomic E-state index is -1.11. The first-order valence-corrected chi connectivity index (χ1v) is 8.29. The van der Waals surface area contributed by atoms with E-state index in [-0.39, 0.29) is 17.9 Å². The van der Waals surface area contributed by atoms with Crippen molar-refractivity contribution in [3.05, 3.63) is 39.9 Å². The van der Waals surface area contributed by atoms with Crippen LogP contribution in [0.25, 0.3) is 0 Å². The average molecular weight is 348 g/mol. The smallest absolute Gasteiger partial charge is 0.328 e. The van der Waals surface area contributed by atoms with Gasteiger partial charge in [0.25, 0.3) is 11.6 Å². The summed E-state index contributed by atoms with van der Waals surface area (Å²) in [6.07, 6.45) is 2.90. The topological polar surface area (TPSA) is 110 Å². The second-order valence-electron chi connectivity index (χ2n) is 6.77. The number of nitro groups is 1. The minimum Gasteiger partial charge on any atom is -0.480 e. The van der Waals surface area contributed by atoms with E-state index in [4.69, 9.17) is 4.74 Å². The number of ether oxygens (including phenoxy) is 1. The van der Waals surface area contributed by atoms with Gasteiger partial charge in [0.05, 0.1) is 11.5 Å². The Labute approximate surface area is 144 Å². The molecule has 2 aliphatic rings. The number of benzene rings is 1. The fraction of sp³-hybridized carbons (Fsp3) is 0.529. The molecule has 134 valence electrons. The number of hydrogen-bond donors (Lipinski definition) is 1. The number of hydrogen-bond acceptors (Lipinski definition) is 5. The van der Waals surface area contributed by atoms with E-state index in [0.717, 1.165) is 12.8 Å². The molecule has 1 aliphatic carbocycles. The number of carbonyl (C=O) groups excluding carboxylic acids is 1. The molecule has 8 nitrogen and oxygen atoms in total. The lowest BCUT2D eigenvalue weighted by molar-refractivity contribution is -0.384. The highest BCUT2D eigenvalue weighted by Gasteiger charge is 2.53. The maximum atomic E-state index is 13.0. The summed E-state index contributed by atoms with van der Waals surface area (Å²) in [5.74, 6) is -1.06. The number of carbonyl (C=O) groups is 2. The summed E-state index contributed by atoms with van der Waals surface area (Å²) in [5, 5.41) is 20.3. The molecule has 1 aliphatic heterocycles. The second kappa shape index (κ2) is 6.44. The van der Waals surface area contributed by atoms with Crippen LogP contribution in [-0.2, 0) is 9.53 Å². The Kier molecular flexibility index (Phi) is 4.47. The van der Waals surface area contributed by atoms with Crippen LogP contribution in [-0.4, -0.2) is 45.2 Å². The molecule has 25 heavy (non-hydrogen) atoms. The van der Waals surface area contributed by atoms with Gasteiger partial charge in [0.2, 0.25) is 0 Å². The Balaban J connectivity index is 1.92. The monoisotopic (exact) mass is 348 g/mol. The van der Waals surface area contributed by atoms with Gasteiger partial charge in [-0.3, -0.25) is 19.8 Å². The zero-order valence-electron chi connectivity index (χ0n) is 13.9. The average Bonchev–Trinajstić information content (AvgIpc) is 2.96. The molecule has 1 saturated carbocycles. The lowest BCUT2D eigenvalue weighted by Crippen LogP contribution is -2.55. The predicted molar refractivity (Wildman–Crippen MR) is 87.0 cm³/mol. The summed E-state index contributed by atoms with van der Waals surface area (Å²) >= 11 is 0. The third-order valence-electron chi connectivity index (χ3n) is 5.15. The van der Waals surface area contributed by atoms with Gasteiger partial charge in [0, 0.05) is 17.7 Å². The number of non-ortho nitro benzene ring substituents is 1. The van der Waals surface area contributed by atoms with Crippen molar-refractivity contribution in [3.8, 4) is 0 Å². The van der Waals surface area contributed by atoms with Crippen LogP contribution >= 0.6 is 0 Å². The van der Waals surface area contributed by atoms with E-state index in [9.17, 15) is 24.8 Å². The highest BCUT2D eigenvalue weighted by atomic mass is 16.6. The van der Waals surface area contributed by atoms with Crippen LogP contribution in [0.4, 0.5) is 5.69 Å². The quantitative estimate of drug-likeness (QED) is 0.663. The molecule has 8 heteroatoms. The summed E-state index contributed by atoms with van der Waals surface area (Å²) in [6, 6.07) is 4.16. The number of rotatable bonds is 3. The molecule has 0 radical (unpaired) electrons. The normalized spacial score (nSPS) is 28.9. The van der Waals surface area contributed by atoms with Crippen molar-refractivity contribution in [1.82, 2.24) is 4.90 Å². The van der Waals surface area contributed by atoms with Crippen molar-refractivity contribution in [2.75, 3.05) is 6.61 Å². The maximum absolute atomic E-state index is 13.0. The van der Waals surface area contributed by atoms with Gasteiger partial charge in [-0.1, -0.05) is 6.92 Å². The fourth-order valence-corrected chi connectivity index (χ4v) is 3.63. The van der Waals surface area contributed by atoms with Gasteiger partial charge < -0.3 is 9.84 Å². The minimum absolute atomic E-state index is 0.0393. The molecule has 1 spiro atoms.